The predicted molar refractivity (Wildman–Crippen MR) is 80.7 cm³/mol. The number of hydrogen-bond acceptors (Lipinski definition) is 2. The first kappa shape index (κ1) is 12.7. The average molecular weight is 273 g/mol. The molecule has 3 heteroatoms. The van der Waals surface area contributed by atoms with Gasteiger partial charge in [-0.1, -0.05) is 38.0 Å². The van der Waals surface area contributed by atoms with E-state index in [4.69, 9.17) is 0 Å². The molecule has 2 nitrogen and oxygen atoms in total. The van der Waals surface area contributed by atoms with Crippen molar-refractivity contribution in [2.45, 2.75) is 38.6 Å². The Morgan fingerprint density at radius 3 is 2.89 bits per heavy atom. The summed E-state index contributed by atoms with van der Waals surface area (Å²) in [6.45, 7) is 2.25. The summed E-state index contributed by atoms with van der Waals surface area (Å²) in [6.07, 6.45) is 4.89. The molecule has 2 aromatic rings. The van der Waals surface area contributed by atoms with E-state index in [0.717, 1.165) is 17.4 Å². The Morgan fingerprint density at radius 1 is 1.26 bits per heavy atom. The molecule has 1 saturated carbocycles. The van der Waals surface area contributed by atoms with Crippen molar-refractivity contribution in [3.63, 3.8) is 0 Å². The van der Waals surface area contributed by atoms with Crippen LogP contribution < -0.4 is 5.32 Å². The van der Waals surface area contributed by atoms with E-state index in [9.17, 15) is 4.79 Å². The number of thiophene rings is 1. The van der Waals surface area contributed by atoms with Gasteiger partial charge in [-0.05, 0) is 24.8 Å². The Morgan fingerprint density at radius 2 is 2.05 bits per heavy atom. The standard InChI is InChI=1S/C16H19NOS/c1-11-6-2-4-8-14(11)17-16(18)13-10-19-15-9-5-3-7-12(13)15/h3,5,7,9-11,14H,2,4,6,8H2,1H3,(H,17,18)/t11-,14-/m0/s1. The van der Waals surface area contributed by atoms with Crippen LogP contribution in [0, 0.1) is 5.92 Å². The number of benzene rings is 1. The molecule has 1 fully saturated rings. The summed E-state index contributed by atoms with van der Waals surface area (Å²) in [7, 11) is 0. The summed E-state index contributed by atoms with van der Waals surface area (Å²) >= 11 is 1.64. The largest absolute Gasteiger partial charge is 0.349 e. The van der Waals surface area contributed by atoms with Gasteiger partial charge in [0.25, 0.3) is 5.91 Å². The number of amides is 1. The van der Waals surface area contributed by atoms with Gasteiger partial charge in [0, 0.05) is 21.5 Å². The van der Waals surface area contributed by atoms with Gasteiger partial charge in [0.15, 0.2) is 0 Å². The van der Waals surface area contributed by atoms with E-state index in [1.54, 1.807) is 11.3 Å². The molecule has 3 rings (SSSR count). The van der Waals surface area contributed by atoms with Gasteiger partial charge >= 0.3 is 0 Å². The van der Waals surface area contributed by atoms with Gasteiger partial charge in [-0.25, -0.2) is 0 Å². The molecule has 1 heterocycles. The van der Waals surface area contributed by atoms with Crippen LogP contribution in [0.1, 0.15) is 43.0 Å². The highest BCUT2D eigenvalue weighted by Crippen LogP contribution is 2.27. The van der Waals surface area contributed by atoms with Crippen LogP contribution in [0.3, 0.4) is 0 Å². The minimum Gasteiger partial charge on any atom is -0.349 e. The first-order valence-electron chi connectivity index (χ1n) is 7.03. The fraction of sp³-hybridized carbons (Fsp3) is 0.438. The molecule has 100 valence electrons. The second kappa shape index (κ2) is 5.33. The van der Waals surface area contributed by atoms with Crippen LogP contribution >= 0.6 is 11.3 Å². The Balaban J connectivity index is 1.80. The molecule has 1 aromatic heterocycles. The van der Waals surface area contributed by atoms with Crippen molar-refractivity contribution in [3.8, 4) is 0 Å². The van der Waals surface area contributed by atoms with Gasteiger partial charge in [-0.2, -0.15) is 0 Å². The number of fused-ring (bicyclic) bond motifs is 1. The molecule has 19 heavy (non-hydrogen) atoms. The van der Waals surface area contributed by atoms with E-state index in [-0.39, 0.29) is 5.91 Å². The molecule has 1 amide bonds. The maximum Gasteiger partial charge on any atom is 0.252 e. The molecule has 1 N–H and O–H groups in total. The number of carbonyl (C=O) groups is 1. The predicted octanol–water partition coefficient (Wildman–Crippen LogP) is 4.21. The van der Waals surface area contributed by atoms with E-state index in [2.05, 4.69) is 18.3 Å². The van der Waals surface area contributed by atoms with Gasteiger partial charge < -0.3 is 5.32 Å². The van der Waals surface area contributed by atoms with Crippen LogP contribution in [-0.4, -0.2) is 11.9 Å². The van der Waals surface area contributed by atoms with Crippen LogP contribution in [0.5, 0.6) is 0 Å². The third kappa shape index (κ3) is 2.52. The monoisotopic (exact) mass is 273 g/mol. The zero-order chi connectivity index (χ0) is 13.2. The molecular formula is C16H19NOS. The topological polar surface area (TPSA) is 29.1 Å². The van der Waals surface area contributed by atoms with Crippen molar-refractivity contribution in [2.75, 3.05) is 0 Å². The van der Waals surface area contributed by atoms with E-state index < -0.39 is 0 Å². The minimum atomic E-state index is 0.0937. The van der Waals surface area contributed by atoms with Crippen LogP contribution in [0.4, 0.5) is 0 Å². The molecule has 0 spiro atoms. The molecule has 0 saturated heterocycles. The molecule has 1 aliphatic carbocycles. The number of nitrogens with one attached hydrogen (secondary N) is 1. The summed E-state index contributed by atoms with van der Waals surface area (Å²) in [4.78, 5) is 12.4. The van der Waals surface area contributed by atoms with Crippen LogP contribution in [0.2, 0.25) is 0 Å². The maximum absolute atomic E-state index is 12.4. The molecule has 2 atom stereocenters. The first-order valence-corrected chi connectivity index (χ1v) is 7.91. The Labute approximate surface area is 117 Å². The minimum absolute atomic E-state index is 0.0937. The SMILES string of the molecule is C[C@H]1CCCC[C@@H]1NC(=O)c1csc2ccccc12. The molecular weight excluding hydrogens is 254 g/mol. The zero-order valence-electron chi connectivity index (χ0n) is 11.2. The lowest BCUT2D eigenvalue weighted by Gasteiger charge is -2.29. The lowest BCUT2D eigenvalue weighted by Crippen LogP contribution is -2.40. The summed E-state index contributed by atoms with van der Waals surface area (Å²) in [6, 6.07) is 8.46. The van der Waals surface area contributed by atoms with E-state index in [1.807, 2.05) is 23.6 Å². The summed E-state index contributed by atoms with van der Waals surface area (Å²) in [5.74, 6) is 0.693. The Hall–Kier alpha value is -1.35. The van der Waals surface area contributed by atoms with Gasteiger partial charge in [0.2, 0.25) is 0 Å². The quantitative estimate of drug-likeness (QED) is 0.872. The normalized spacial score (nSPS) is 23.4. The molecule has 0 unspecified atom stereocenters. The maximum atomic E-state index is 12.4. The van der Waals surface area contributed by atoms with Crippen LogP contribution in [0.15, 0.2) is 29.6 Å². The van der Waals surface area contributed by atoms with Crippen LogP contribution in [-0.2, 0) is 0 Å². The van der Waals surface area contributed by atoms with Gasteiger partial charge in [0.1, 0.15) is 0 Å². The second-order valence-corrected chi connectivity index (χ2v) is 6.40. The third-order valence-corrected chi connectivity index (χ3v) is 5.12. The van der Waals surface area contributed by atoms with Crippen molar-refractivity contribution in [2.24, 2.45) is 5.92 Å². The number of hydrogen-bond donors (Lipinski definition) is 1. The molecule has 0 aliphatic heterocycles. The Bertz CT molecular complexity index is 589. The Kier molecular flexibility index (Phi) is 3.56. The smallest absolute Gasteiger partial charge is 0.252 e. The highest BCUT2D eigenvalue weighted by atomic mass is 32.1. The summed E-state index contributed by atoms with van der Waals surface area (Å²) in [5, 5.41) is 6.29. The van der Waals surface area contributed by atoms with Crippen LogP contribution in [0.25, 0.3) is 10.1 Å². The van der Waals surface area contributed by atoms with Gasteiger partial charge in [-0.3, -0.25) is 4.79 Å². The molecule has 1 aromatic carbocycles. The van der Waals surface area contributed by atoms with Crippen molar-refractivity contribution in [1.29, 1.82) is 0 Å². The molecule has 0 bridgehead atoms. The number of rotatable bonds is 2. The van der Waals surface area contributed by atoms with Gasteiger partial charge in [-0.15, -0.1) is 11.3 Å². The van der Waals surface area contributed by atoms with Gasteiger partial charge in [0.05, 0.1) is 5.56 Å². The van der Waals surface area contributed by atoms with Crippen molar-refractivity contribution >= 4 is 27.3 Å². The van der Waals surface area contributed by atoms with Crippen molar-refractivity contribution in [3.05, 3.63) is 35.2 Å². The lowest BCUT2D eigenvalue weighted by molar-refractivity contribution is 0.0912. The fourth-order valence-electron chi connectivity index (χ4n) is 2.93. The lowest BCUT2D eigenvalue weighted by atomic mass is 9.86. The highest BCUT2D eigenvalue weighted by molar-refractivity contribution is 7.17. The van der Waals surface area contributed by atoms with E-state index in [1.165, 1.54) is 24.0 Å². The molecule has 0 radical (unpaired) electrons. The molecule has 1 aliphatic rings. The fourth-order valence-corrected chi connectivity index (χ4v) is 3.87. The average Bonchev–Trinajstić information content (AvgIpc) is 2.85. The van der Waals surface area contributed by atoms with E-state index >= 15 is 0 Å². The number of carbonyl (C=O) groups excluding carboxylic acids is 1. The summed E-state index contributed by atoms with van der Waals surface area (Å²) < 4.78 is 1.18. The van der Waals surface area contributed by atoms with E-state index in [0.29, 0.717) is 12.0 Å². The van der Waals surface area contributed by atoms with Crippen molar-refractivity contribution in [1.82, 2.24) is 5.32 Å². The zero-order valence-corrected chi connectivity index (χ0v) is 12.0. The first-order chi connectivity index (χ1) is 9.25. The third-order valence-electron chi connectivity index (χ3n) is 4.15. The van der Waals surface area contributed by atoms with Crippen molar-refractivity contribution < 1.29 is 4.79 Å². The highest BCUT2D eigenvalue weighted by Gasteiger charge is 2.24. The second-order valence-electron chi connectivity index (χ2n) is 5.49. The summed E-state index contributed by atoms with van der Waals surface area (Å²) in [5.41, 5.74) is 0.832.